The van der Waals surface area contributed by atoms with Gasteiger partial charge in [-0.3, -0.25) is 5.32 Å². The van der Waals surface area contributed by atoms with Gasteiger partial charge in [0, 0.05) is 5.69 Å². The second-order valence-electron chi connectivity index (χ2n) is 2.61. The van der Waals surface area contributed by atoms with Crippen LogP contribution < -0.4 is 11.2 Å². The van der Waals surface area contributed by atoms with Crippen LogP contribution >= 0.6 is 0 Å². The van der Waals surface area contributed by atoms with E-state index in [1.807, 2.05) is 13.8 Å². The van der Waals surface area contributed by atoms with Gasteiger partial charge in [-0.1, -0.05) is 13.8 Å². The highest BCUT2D eigenvalue weighted by molar-refractivity contribution is 5.84. The maximum Gasteiger partial charge on any atom is 0.430 e. The third kappa shape index (κ3) is 5.21. The number of halogens is 3. The van der Waals surface area contributed by atoms with E-state index < -0.39 is 17.8 Å². The molecule has 1 aromatic carbocycles. The second kappa shape index (κ2) is 6.74. The van der Waals surface area contributed by atoms with Gasteiger partial charge < -0.3 is 4.84 Å². The molecule has 0 spiro atoms. The van der Waals surface area contributed by atoms with E-state index in [0.29, 0.717) is 0 Å². The van der Waals surface area contributed by atoms with E-state index in [1.165, 1.54) is 0 Å². The molecule has 0 radical (unpaired) electrons. The topological polar surface area (TPSA) is 64.3 Å². The van der Waals surface area contributed by atoms with Crippen LogP contribution in [0.15, 0.2) is 24.3 Å². The molecule has 0 aromatic heterocycles. The van der Waals surface area contributed by atoms with Crippen molar-refractivity contribution in [2.45, 2.75) is 20.0 Å². The van der Waals surface area contributed by atoms with Crippen molar-refractivity contribution in [1.82, 2.24) is 0 Å². The van der Waals surface area contributed by atoms with Gasteiger partial charge in [0.15, 0.2) is 0 Å². The summed E-state index contributed by atoms with van der Waals surface area (Å²) in [5.41, 5.74) is -0.632. The number of amides is 1. The smallest absolute Gasteiger partial charge is 0.357 e. The number of nitrogens with one attached hydrogen (secondary N) is 1. The van der Waals surface area contributed by atoms with E-state index in [4.69, 9.17) is 0 Å². The fraction of sp³-hybridized carbons (Fsp3) is 0.300. The molecule has 7 heteroatoms. The van der Waals surface area contributed by atoms with Crippen molar-refractivity contribution in [1.29, 1.82) is 0 Å². The number of rotatable bonds is 1. The first-order chi connectivity index (χ1) is 7.93. The van der Waals surface area contributed by atoms with Crippen molar-refractivity contribution in [3.63, 3.8) is 0 Å². The van der Waals surface area contributed by atoms with Crippen LogP contribution in [0.3, 0.4) is 0 Å². The first kappa shape index (κ1) is 15.2. The maximum atomic E-state index is 12.1. The van der Waals surface area contributed by atoms with Gasteiger partial charge in [-0.25, -0.2) is 4.79 Å². The van der Waals surface area contributed by atoms with Crippen LogP contribution in [-0.4, -0.2) is 6.09 Å². The van der Waals surface area contributed by atoms with Gasteiger partial charge in [0.25, 0.3) is 0 Å². The Morgan fingerprint density at radius 3 is 2.06 bits per heavy atom. The van der Waals surface area contributed by atoms with E-state index in [1.54, 1.807) is 0 Å². The number of benzene rings is 1. The Labute approximate surface area is 96.5 Å². The molecule has 0 aliphatic carbocycles. The quantitative estimate of drug-likeness (QED) is 0.752. The molecular formula is C10H13F3N2O2. The summed E-state index contributed by atoms with van der Waals surface area (Å²) in [6.07, 6.45) is -5.35. The van der Waals surface area contributed by atoms with Gasteiger partial charge in [-0.15, -0.1) is 0 Å². The van der Waals surface area contributed by atoms with Crippen LogP contribution in [0.4, 0.5) is 23.7 Å². The first-order valence-corrected chi connectivity index (χ1v) is 4.78. The van der Waals surface area contributed by atoms with Crippen molar-refractivity contribution in [2.24, 2.45) is 5.90 Å². The summed E-state index contributed by atoms with van der Waals surface area (Å²) >= 11 is 0. The van der Waals surface area contributed by atoms with Crippen molar-refractivity contribution in [3.05, 3.63) is 29.8 Å². The molecule has 0 atom stereocenters. The van der Waals surface area contributed by atoms with E-state index in [2.05, 4.69) is 16.1 Å². The van der Waals surface area contributed by atoms with Crippen LogP contribution in [0.1, 0.15) is 19.4 Å². The Balaban J connectivity index is 0.00000121. The van der Waals surface area contributed by atoms with Gasteiger partial charge >= 0.3 is 12.3 Å². The third-order valence-electron chi connectivity index (χ3n) is 1.57. The zero-order valence-corrected chi connectivity index (χ0v) is 9.34. The van der Waals surface area contributed by atoms with Crippen molar-refractivity contribution >= 4 is 11.8 Å². The molecular weight excluding hydrogens is 237 g/mol. The molecule has 17 heavy (non-hydrogen) atoms. The molecule has 1 aromatic rings. The number of anilines is 1. The van der Waals surface area contributed by atoms with Crippen LogP contribution in [0.25, 0.3) is 0 Å². The van der Waals surface area contributed by atoms with Crippen molar-refractivity contribution in [3.8, 4) is 0 Å². The molecule has 0 heterocycles. The van der Waals surface area contributed by atoms with Gasteiger partial charge in [0.2, 0.25) is 0 Å². The highest BCUT2D eigenvalue weighted by atomic mass is 19.4. The minimum absolute atomic E-state index is 0.165. The Bertz CT molecular complexity index is 350. The third-order valence-corrected chi connectivity index (χ3v) is 1.57. The summed E-state index contributed by atoms with van der Waals surface area (Å²) in [5.74, 6) is 4.53. The molecule has 0 aliphatic rings. The predicted molar refractivity (Wildman–Crippen MR) is 57.1 cm³/mol. The number of carbonyl (C=O) groups is 1. The largest absolute Gasteiger partial charge is 0.430 e. The van der Waals surface area contributed by atoms with Crippen LogP contribution in [0.5, 0.6) is 0 Å². The fourth-order valence-electron chi connectivity index (χ4n) is 0.890. The lowest BCUT2D eigenvalue weighted by atomic mass is 10.2. The van der Waals surface area contributed by atoms with Crippen LogP contribution in [0, 0.1) is 0 Å². The monoisotopic (exact) mass is 250 g/mol. The number of nitrogens with two attached hydrogens (primary N) is 1. The van der Waals surface area contributed by atoms with E-state index in [9.17, 15) is 18.0 Å². The molecule has 0 unspecified atom stereocenters. The van der Waals surface area contributed by atoms with E-state index in [-0.39, 0.29) is 5.69 Å². The molecule has 3 N–H and O–H groups in total. The molecule has 96 valence electrons. The molecule has 0 fully saturated rings. The maximum absolute atomic E-state index is 12.1. The second-order valence-corrected chi connectivity index (χ2v) is 2.61. The average Bonchev–Trinajstić information content (AvgIpc) is 2.31. The van der Waals surface area contributed by atoms with Crippen molar-refractivity contribution < 1.29 is 22.8 Å². The Morgan fingerprint density at radius 1 is 1.24 bits per heavy atom. The van der Waals surface area contributed by atoms with Crippen molar-refractivity contribution in [2.75, 3.05) is 5.32 Å². The number of hydrogen-bond acceptors (Lipinski definition) is 3. The highest BCUT2D eigenvalue weighted by Gasteiger charge is 2.29. The lowest BCUT2D eigenvalue weighted by Crippen LogP contribution is -2.17. The highest BCUT2D eigenvalue weighted by Crippen LogP contribution is 2.29. The summed E-state index contributed by atoms with van der Waals surface area (Å²) in [6.45, 7) is 4.00. The Kier molecular flexibility index (Phi) is 6.05. The Hall–Kier alpha value is -1.76. The fourth-order valence-corrected chi connectivity index (χ4v) is 0.890. The predicted octanol–water partition coefficient (Wildman–Crippen LogP) is 3.15. The van der Waals surface area contributed by atoms with Gasteiger partial charge in [0.05, 0.1) is 5.56 Å². The lowest BCUT2D eigenvalue weighted by Gasteiger charge is -2.07. The van der Waals surface area contributed by atoms with E-state index >= 15 is 0 Å². The van der Waals surface area contributed by atoms with Gasteiger partial charge in [0.1, 0.15) is 0 Å². The minimum atomic E-state index is -4.40. The van der Waals surface area contributed by atoms with Crippen LogP contribution in [-0.2, 0) is 11.0 Å². The summed E-state index contributed by atoms with van der Waals surface area (Å²) in [4.78, 5) is 14.4. The zero-order chi connectivity index (χ0) is 13.5. The van der Waals surface area contributed by atoms with Crippen LogP contribution in [0.2, 0.25) is 0 Å². The molecule has 0 bridgehead atoms. The molecule has 0 aliphatic heterocycles. The summed E-state index contributed by atoms with van der Waals surface area (Å²) in [7, 11) is 0. The average molecular weight is 250 g/mol. The zero-order valence-electron chi connectivity index (χ0n) is 9.34. The standard InChI is InChI=1S/C8H7F3N2O2.C2H6/c9-8(10,11)5-1-3-6(4-2-5)13-7(14)15-12;1-2/h1-4H,12H2,(H,13,14);1-2H3. The Morgan fingerprint density at radius 2 is 1.71 bits per heavy atom. The molecule has 1 rings (SSSR count). The summed E-state index contributed by atoms with van der Waals surface area (Å²) in [6, 6.07) is 3.87. The number of hydrogen-bond donors (Lipinski definition) is 2. The molecule has 1 amide bonds. The summed E-state index contributed by atoms with van der Waals surface area (Å²) in [5, 5.41) is 2.12. The van der Waals surface area contributed by atoms with Gasteiger partial charge in [-0.05, 0) is 24.3 Å². The SMILES string of the molecule is CC.NOC(=O)Nc1ccc(C(F)(F)F)cc1. The minimum Gasteiger partial charge on any atom is -0.357 e. The summed E-state index contributed by atoms with van der Waals surface area (Å²) < 4.78 is 36.3. The molecule has 4 nitrogen and oxygen atoms in total. The normalized spacial score (nSPS) is 10.0. The number of alkyl halides is 3. The van der Waals surface area contributed by atoms with E-state index in [0.717, 1.165) is 24.3 Å². The first-order valence-electron chi connectivity index (χ1n) is 4.78. The molecule has 0 saturated heterocycles. The number of carbonyl (C=O) groups excluding carboxylic acids is 1. The molecule has 0 saturated carbocycles. The lowest BCUT2D eigenvalue weighted by molar-refractivity contribution is -0.137. The van der Waals surface area contributed by atoms with Gasteiger partial charge in [-0.2, -0.15) is 19.1 Å².